The summed E-state index contributed by atoms with van der Waals surface area (Å²) in [4.78, 5) is 27.8. The number of nitrogens with zero attached hydrogens (tertiary/aromatic N) is 6. The molecular weight excluding hydrogens is 490 g/mol. The third kappa shape index (κ3) is 3.21. The van der Waals surface area contributed by atoms with Crippen molar-refractivity contribution in [2.24, 2.45) is 0 Å². The van der Waals surface area contributed by atoms with Crippen LogP contribution in [0.15, 0.2) is 45.4 Å². The fraction of sp³-hybridized carbons (Fsp3) is 0.227. The lowest BCUT2D eigenvalue weighted by atomic mass is 10.0. The molecule has 4 aromatic heterocycles. The van der Waals surface area contributed by atoms with Crippen molar-refractivity contribution in [3.8, 4) is 5.69 Å². The minimum atomic E-state index is -0.0819. The zero-order valence-corrected chi connectivity index (χ0v) is 20.1. The van der Waals surface area contributed by atoms with Crippen LogP contribution in [0.5, 0.6) is 0 Å². The number of aromatic nitrogens is 6. The van der Waals surface area contributed by atoms with Gasteiger partial charge in [-0.1, -0.05) is 32.0 Å². The van der Waals surface area contributed by atoms with Crippen molar-refractivity contribution in [1.29, 1.82) is 0 Å². The predicted molar refractivity (Wildman–Crippen MR) is 131 cm³/mol. The molecule has 0 atom stereocenters. The number of aryl methyl sites for hydroxylation is 1. The van der Waals surface area contributed by atoms with Crippen molar-refractivity contribution >= 4 is 54.3 Å². The first-order valence-electron chi connectivity index (χ1n) is 10.1. The number of thiophene rings is 1. The zero-order chi connectivity index (χ0) is 22.6. The van der Waals surface area contributed by atoms with E-state index in [4.69, 9.17) is 10.7 Å². The first-order chi connectivity index (χ1) is 15.4. The molecule has 0 bridgehead atoms. The maximum Gasteiger partial charge on any atom is 0.267 e. The molecule has 2 N–H and O–H groups in total. The number of fused-ring (bicyclic) bond motifs is 2. The van der Waals surface area contributed by atoms with E-state index in [0.29, 0.717) is 37.5 Å². The number of anilines is 1. The minimum absolute atomic E-state index is 0.0819. The maximum absolute atomic E-state index is 13.8. The summed E-state index contributed by atoms with van der Waals surface area (Å²) in [6.07, 6.45) is 1.41. The van der Waals surface area contributed by atoms with Gasteiger partial charge in [-0.2, -0.15) is 5.10 Å². The van der Waals surface area contributed by atoms with Crippen molar-refractivity contribution in [1.82, 2.24) is 29.3 Å². The van der Waals surface area contributed by atoms with E-state index >= 15 is 0 Å². The van der Waals surface area contributed by atoms with Gasteiger partial charge in [-0.05, 0) is 51.3 Å². The number of halogens is 1. The number of benzene rings is 1. The molecule has 0 saturated heterocycles. The Kier molecular flexibility index (Phi) is 5.06. The van der Waals surface area contributed by atoms with Gasteiger partial charge >= 0.3 is 0 Å². The Balaban J connectivity index is 1.81. The lowest BCUT2D eigenvalue weighted by Gasteiger charge is -2.18. The van der Waals surface area contributed by atoms with E-state index in [-0.39, 0.29) is 18.0 Å². The van der Waals surface area contributed by atoms with E-state index in [0.717, 1.165) is 16.8 Å². The molecule has 1 aromatic carbocycles. The smallest absolute Gasteiger partial charge is 0.267 e. The van der Waals surface area contributed by atoms with E-state index in [2.05, 4.69) is 50.9 Å². The minimum Gasteiger partial charge on any atom is -0.383 e. The van der Waals surface area contributed by atoms with Crippen LogP contribution < -0.4 is 11.3 Å². The molecule has 5 aromatic rings. The van der Waals surface area contributed by atoms with Gasteiger partial charge in [0.15, 0.2) is 5.65 Å². The molecule has 0 radical (unpaired) electrons. The van der Waals surface area contributed by atoms with E-state index in [1.165, 1.54) is 17.7 Å². The van der Waals surface area contributed by atoms with Crippen molar-refractivity contribution in [2.75, 3.05) is 5.73 Å². The van der Waals surface area contributed by atoms with Crippen LogP contribution in [0.3, 0.4) is 0 Å². The third-order valence-corrected chi connectivity index (χ3v) is 7.01. The second kappa shape index (κ2) is 7.79. The first kappa shape index (κ1) is 20.8. The molecule has 5 rings (SSSR count). The number of hydrogen-bond acceptors (Lipinski definition) is 7. The van der Waals surface area contributed by atoms with Crippen LogP contribution in [0.2, 0.25) is 0 Å². The zero-order valence-electron chi connectivity index (χ0n) is 17.7. The number of rotatable bonds is 4. The SMILES string of the molecule is Cc1csc2nc(Cn3nc(Br)c4c(N)ncnc43)n(-c3ccccc3C(C)C)c(=O)c12. The lowest BCUT2D eigenvalue weighted by molar-refractivity contribution is 0.644. The number of nitrogens with two attached hydrogens (primary N) is 1. The summed E-state index contributed by atoms with van der Waals surface area (Å²) in [5.74, 6) is 1.15. The average Bonchev–Trinajstić information content (AvgIpc) is 3.29. The molecular formula is C22H20BrN7OS. The van der Waals surface area contributed by atoms with Gasteiger partial charge in [0.2, 0.25) is 0 Å². The molecule has 162 valence electrons. The highest BCUT2D eigenvalue weighted by molar-refractivity contribution is 9.10. The summed E-state index contributed by atoms with van der Waals surface area (Å²) < 4.78 is 3.96. The van der Waals surface area contributed by atoms with E-state index in [9.17, 15) is 4.79 Å². The molecule has 0 fully saturated rings. The van der Waals surface area contributed by atoms with E-state index < -0.39 is 0 Å². The Hall–Kier alpha value is -3.11. The fourth-order valence-corrected chi connectivity index (χ4v) is 5.44. The van der Waals surface area contributed by atoms with Gasteiger partial charge in [0.05, 0.1) is 16.5 Å². The summed E-state index contributed by atoms with van der Waals surface area (Å²) in [5, 5.41) is 7.80. The van der Waals surface area contributed by atoms with Gasteiger partial charge in [-0.3, -0.25) is 9.36 Å². The summed E-state index contributed by atoms with van der Waals surface area (Å²) in [5.41, 5.74) is 9.35. The predicted octanol–water partition coefficient (Wildman–Crippen LogP) is 4.41. The van der Waals surface area contributed by atoms with Crippen molar-refractivity contribution < 1.29 is 0 Å². The Morgan fingerprint density at radius 2 is 1.97 bits per heavy atom. The topological polar surface area (TPSA) is 105 Å². The van der Waals surface area contributed by atoms with Gasteiger partial charge in [-0.25, -0.2) is 19.6 Å². The van der Waals surface area contributed by atoms with Crippen LogP contribution in [0, 0.1) is 6.92 Å². The quantitative estimate of drug-likeness (QED) is 0.384. The summed E-state index contributed by atoms with van der Waals surface area (Å²) in [7, 11) is 0. The van der Waals surface area contributed by atoms with Crippen LogP contribution in [-0.4, -0.2) is 29.3 Å². The molecule has 0 unspecified atom stereocenters. The summed E-state index contributed by atoms with van der Waals surface area (Å²) >= 11 is 4.92. The molecule has 0 amide bonds. The average molecular weight is 510 g/mol. The molecule has 0 aliphatic rings. The highest BCUT2D eigenvalue weighted by Gasteiger charge is 2.21. The molecule has 0 aliphatic carbocycles. The standard InChI is InChI=1S/C22H20BrN7OS/c1-11(2)13-6-4-5-7-14(13)30-15(27-21-16(22(30)31)12(3)9-32-21)8-29-20-17(18(23)28-29)19(24)25-10-26-20/h4-7,9-11H,8H2,1-3H3,(H2,24,25,26). The lowest BCUT2D eigenvalue weighted by Crippen LogP contribution is -2.26. The Morgan fingerprint density at radius 1 is 1.19 bits per heavy atom. The fourth-order valence-electron chi connectivity index (χ4n) is 3.93. The van der Waals surface area contributed by atoms with E-state index in [1.807, 2.05) is 30.5 Å². The number of hydrogen-bond donors (Lipinski definition) is 1. The maximum atomic E-state index is 13.8. The highest BCUT2D eigenvalue weighted by atomic mass is 79.9. The summed E-state index contributed by atoms with van der Waals surface area (Å²) in [6.45, 7) is 6.41. The van der Waals surface area contributed by atoms with E-state index in [1.54, 1.807) is 9.25 Å². The van der Waals surface area contributed by atoms with Crippen molar-refractivity contribution in [3.63, 3.8) is 0 Å². The van der Waals surface area contributed by atoms with Gasteiger partial charge < -0.3 is 5.73 Å². The second-order valence-electron chi connectivity index (χ2n) is 7.89. The Labute approximate surface area is 195 Å². The Bertz CT molecular complexity index is 1550. The molecule has 4 heterocycles. The molecule has 8 nitrogen and oxygen atoms in total. The summed E-state index contributed by atoms with van der Waals surface area (Å²) in [6, 6.07) is 7.94. The molecule has 10 heteroatoms. The third-order valence-electron chi connectivity index (χ3n) is 5.47. The van der Waals surface area contributed by atoms with Crippen LogP contribution in [0.1, 0.15) is 36.7 Å². The van der Waals surface area contributed by atoms with Gasteiger partial charge in [-0.15, -0.1) is 11.3 Å². The molecule has 32 heavy (non-hydrogen) atoms. The molecule has 0 saturated carbocycles. The van der Waals surface area contributed by atoms with Crippen LogP contribution in [0.4, 0.5) is 5.82 Å². The van der Waals surface area contributed by atoms with Crippen LogP contribution in [0.25, 0.3) is 26.9 Å². The normalized spacial score (nSPS) is 11.8. The van der Waals surface area contributed by atoms with Crippen LogP contribution >= 0.6 is 27.3 Å². The van der Waals surface area contributed by atoms with Gasteiger partial charge in [0.1, 0.15) is 33.9 Å². The molecule has 0 aliphatic heterocycles. The highest BCUT2D eigenvalue weighted by Crippen LogP contribution is 2.29. The van der Waals surface area contributed by atoms with Crippen molar-refractivity contribution in [3.05, 3.63) is 67.9 Å². The second-order valence-corrected chi connectivity index (χ2v) is 9.50. The largest absolute Gasteiger partial charge is 0.383 e. The van der Waals surface area contributed by atoms with Gasteiger partial charge in [0, 0.05) is 0 Å². The van der Waals surface area contributed by atoms with Crippen molar-refractivity contribution in [2.45, 2.75) is 33.2 Å². The Morgan fingerprint density at radius 3 is 2.75 bits per heavy atom. The molecule has 0 spiro atoms. The first-order valence-corrected chi connectivity index (χ1v) is 11.8. The number of para-hydroxylation sites is 1. The van der Waals surface area contributed by atoms with Crippen LogP contribution in [-0.2, 0) is 6.54 Å². The monoisotopic (exact) mass is 509 g/mol. The number of nitrogen functional groups attached to an aromatic ring is 1. The van der Waals surface area contributed by atoms with Gasteiger partial charge in [0.25, 0.3) is 5.56 Å².